The largest absolute Gasteiger partial charge is 0.397 e. The number of para-hydroxylation sites is 1. The smallest absolute Gasteiger partial charge is 0.273 e. The van der Waals surface area contributed by atoms with Crippen molar-refractivity contribution in [2.24, 2.45) is 5.92 Å². The molecule has 0 spiro atoms. The van der Waals surface area contributed by atoms with E-state index in [1.807, 2.05) is 6.07 Å². The van der Waals surface area contributed by atoms with E-state index < -0.39 is 16.8 Å². The lowest BCUT2D eigenvalue weighted by molar-refractivity contribution is -0.385. The number of nitro benzene ring substituents is 1. The van der Waals surface area contributed by atoms with Crippen LogP contribution < -0.4 is 11.1 Å². The van der Waals surface area contributed by atoms with Crippen LogP contribution >= 0.6 is 11.3 Å². The van der Waals surface area contributed by atoms with E-state index in [1.54, 1.807) is 18.2 Å². The lowest BCUT2D eigenvalue weighted by Crippen LogP contribution is -2.31. The number of Topliss-reactive ketones (excluding diaryl/α,β-unsaturated/α-hetero) is 1. The Morgan fingerprint density at radius 2 is 2.16 bits per heavy atom. The van der Waals surface area contributed by atoms with Crippen molar-refractivity contribution in [3.63, 3.8) is 0 Å². The van der Waals surface area contributed by atoms with Crippen molar-refractivity contribution in [1.29, 1.82) is 5.26 Å². The molecule has 126 valence electrons. The zero-order valence-electron chi connectivity index (χ0n) is 13.3. The number of ketones is 1. The zero-order valence-corrected chi connectivity index (χ0v) is 14.1. The molecule has 7 nitrogen and oxygen atoms in total. The second-order valence-corrected chi connectivity index (χ2v) is 6.75. The van der Waals surface area contributed by atoms with Crippen LogP contribution in [0.5, 0.6) is 0 Å². The van der Waals surface area contributed by atoms with Gasteiger partial charge in [0, 0.05) is 28.8 Å². The normalized spacial score (nSPS) is 18.8. The number of carbonyl (C=O) groups is 1. The Hall–Kier alpha value is -3.18. The third-order valence-electron chi connectivity index (χ3n) is 4.29. The molecule has 2 heterocycles. The fourth-order valence-electron chi connectivity index (χ4n) is 3.26. The molecule has 25 heavy (non-hydrogen) atoms. The first-order valence-corrected chi connectivity index (χ1v) is 8.20. The topological polar surface area (TPSA) is 122 Å². The summed E-state index contributed by atoms with van der Waals surface area (Å²) in [5.41, 5.74) is 7.65. The van der Waals surface area contributed by atoms with Crippen molar-refractivity contribution in [3.8, 4) is 6.07 Å². The third kappa shape index (κ3) is 2.55. The summed E-state index contributed by atoms with van der Waals surface area (Å²) in [6, 6.07) is 8.28. The van der Waals surface area contributed by atoms with Gasteiger partial charge in [-0.3, -0.25) is 14.9 Å². The van der Waals surface area contributed by atoms with Crippen molar-refractivity contribution in [2.45, 2.75) is 12.8 Å². The minimum absolute atomic E-state index is 0.0940. The van der Waals surface area contributed by atoms with Crippen LogP contribution in [0.2, 0.25) is 0 Å². The van der Waals surface area contributed by atoms with Gasteiger partial charge in [-0.05, 0) is 6.92 Å². The summed E-state index contributed by atoms with van der Waals surface area (Å²) < 4.78 is 0. The first-order valence-electron chi connectivity index (χ1n) is 7.38. The maximum Gasteiger partial charge on any atom is 0.273 e. The molecule has 0 fully saturated rings. The predicted octanol–water partition coefficient (Wildman–Crippen LogP) is 3.39. The van der Waals surface area contributed by atoms with Crippen molar-refractivity contribution in [2.75, 3.05) is 11.1 Å². The predicted molar refractivity (Wildman–Crippen MR) is 95.3 cm³/mol. The van der Waals surface area contributed by atoms with Gasteiger partial charge >= 0.3 is 0 Å². The fourth-order valence-corrected chi connectivity index (χ4v) is 4.26. The van der Waals surface area contributed by atoms with Gasteiger partial charge in [0.05, 0.1) is 21.5 Å². The van der Waals surface area contributed by atoms with E-state index in [0.29, 0.717) is 26.7 Å². The SMILES string of the molecule is C=C1Nc2sc(C#N)c(N)c2[C@@H](c2ccccc2[N+](=O)[O-])[C@@H]1C(C)=O. The number of hydrogen-bond donors (Lipinski definition) is 2. The number of fused-ring (bicyclic) bond motifs is 1. The number of nitrogens with one attached hydrogen (secondary N) is 1. The molecule has 2 atom stereocenters. The van der Waals surface area contributed by atoms with Crippen LogP contribution in [0, 0.1) is 27.4 Å². The van der Waals surface area contributed by atoms with Crippen LogP contribution in [0.4, 0.5) is 16.4 Å². The summed E-state index contributed by atoms with van der Waals surface area (Å²) in [7, 11) is 0. The monoisotopic (exact) mass is 354 g/mol. The maximum absolute atomic E-state index is 12.3. The van der Waals surface area contributed by atoms with E-state index >= 15 is 0 Å². The van der Waals surface area contributed by atoms with Gasteiger partial charge in [-0.2, -0.15) is 5.26 Å². The molecule has 1 aliphatic rings. The number of nitrogens with zero attached hydrogens (tertiary/aromatic N) is 2. The molecule has 0 saturated carbocycles. The Bertz CT molecular complexity index is 957. The lowest BCUT2D eigenvalue weighted by Gasteiger charge is -2.33. The number of anilines is 2. The number of nitro groups is 1. The van der Waals surface area contributed by atoms with Gasteiger partial charge in [0.25, 0.3) is 5.69 Å². The highest BCUT2D eigenvalue weighted by atomic mass is 32.1. The number of hydrogen-bond acceptors (Lipinski definition) is 7. The van der Waals surface area contributed by atoms with Crippen LogP contribution in [0.3, 0.4) is 0 Å². The number of allylic oxidation sites excluding steroid dienone is 1. The van der Waals surface area contributed by atoms with E-state index in [0.717, 1.165) is 11.3 Å². The summed E-state index contributed by atoms with van der Waals surface area (Å²) >= 11 is 1.15. The standard InChI is InChI=1S/C17H14N4O3S/c1-8-13(9(2)22)14(10-5-3-4-6-11(10)21(23)24)15-16(19)12(7-18)25-17(15)20-8/h3-6,13-14,20H,1,19H2,2H3/t13-,14-/m0/s1. The number of nitrogens with two attached hydrogens (primary N) is 1. The van der Waals surface area contributed by atoms with Gasteiger partial charge in [0.15, 0.2) is 0 Å². The number of nitriles is 1. The Labute approximate surface area is 147 Å². The first-order chi connectivity index (χ1) is 11.9. The Balaban J connectivity index is 2.34. The molecule has 3 rings (SSSR count). The van der Waals surface area contributed by atoms with Crippen molar-refractivity contribution >= 4 is 33.5 Å². The number of nitrogen functional groups attached to an aromatic ring is 1. The highest BCUT2D eigenvalue weighted by Crippen LogP contribution is 2.52. The van der Waals surface area contributed by atoms with Crippen LogP contribution in [-0.2, 0) is 4.79 Å². The van der Waals surface area contributed by atoms with E-state index in [9.17, 15) is 20.2 Å². The van der Waals surface area contributed by atoms with Crippen molar-refractivity contribution < 1.29 is 9.72 Å². The molecule has 3 N–H and O–H groups in total. The molecule has 0 bridgehead atoms. The number of thiophene rings is 1. The maximum atomic E-state index is 12.3. The second kappa shape index (κ2) is 6.03. The zero-order chi connectivity index (χ0) is 18.3. The molecule has 0 radical (unpaired) electrons. The van der Waals surface area contributed by atoms with Gasteiger partial charge in [-0.1, -0.05) is 24.8 Å². The molecule has 0 unspecified atom stereocenters. The summed E-state index contributed by atoms with van der Waals surface area (Å²) in [6.07, 6.45) is 0. The van der Waals surface area contributed by atoms with Crippen molar-refractivity contribution in [1.82, 2.24) is 0 Å². The Kier molecular flexibility index (Phi) is 4.02. The Morgan fingerprint density at radius 3 is 2.76 bits per heavy atom. The highest BCUT2D eigenvalue weighted by molar-refractivity contribution is 7.17. The summed E-state index contributed by atoms with van der Waals surface area (Å²) in [4.78, 5) is 23.6. The van der Waals surface area contributed by atoms with E-state index in [4.69, 9.17) is 5.73 Å². The van der Waals surface area contributed by atoms with Crippen LogP contribution in [-0.4, -0.2) is 10.7 Å². The average molecular weight is 354 g/mol. The molecule has 0 aliphatic carbocycles. The molecule has 8 heteroatoms. The summed E-state index contributed by atoms with van der Waals surface area (Å²) in [5.74, 6) is -1.56. The molecule has 0 amide bonds. The van der Waals surface area contributed by atoms with Gasteiger partial charge < -0.3 is 11.1 Å². The number of rotatable bonds is 3. The molecule has 0 saturated heterocycles. The van der Waals surface area contributed by atoms with E-state index in [-0.39, 0.29) is 17.2 Å². The average Bonchev–Trinajstić information content (AvgIpc) is 2.88. The lowest BCUT2D eigenvalue weighted by atomic mass is 9.75. The van der Waals surface area contributed by atoms with Crippen LogP contribution in [0.15, 0.2) is 36.5 Å². The second-order valence-electron chi connectivity index (χ2n) is 5.73. The minimum Gasteiger partial charge on any atom is -0.397 e. The minimum atomic E-state index is -0.711. The molecular weight excluding hydrogens is 340 g/mol. The summed E-state index contributed by atoms with van der Waals surface area (Å²) in [5, 5.41) is 24.4. The van der Waals surface area contributed by atoms with Crippen LogP contribution in [0.25, 0.3) is 0 Å². The molecule has 1 aliphatic heterocycles. The fraction of sp³-hybridized carbons (Fsp3) is 0.176. The van der Waals surface area contributed by atoms with E-state index in [2.05, 4.69) is 11.9 Å². The quantitative estimate of drug-likeness (QED) is 0.643. The number of carbonyl (C=O) groups excluding carboxylic acids is 1. The molecular formula is C17H14N4O3S. The number of benzene rings is 1. The summed E-state index contributed by atoms with van der Waals surface area (Å²) in [6.45, 7) is 5.33. The van der Waals surface area contributed by atoms with Crippen molar-refractivity contribution in [3.05, 3.63) is 62.7 Å². The highest BCUT2D eigenvalue weighted by Gasteiger charge is 2.42. The van der Waals surface area contributed by atoms with Gasteiger partial charge in [-0.25, -0.2) is 0 Å². The van der Waals surface area contributed by atoms with Gasteiger partial charge in [0.1, 0.15) is 16.7 Å². The van der Waals surface area contributed by atoms with E-state index in [1.165, 1.54) is 13.0 Å². The third-order valence-corrected chi connectivity index (χ3v) is 5.33. The molecule has 2 aromatic rings. The molecule has 1 aromatic heterocycles. The Morgan fingerprint density at radius 1 is 1.48 bits per heavy atom. The first kappa shape index (κ1) is 16.7. The van der Waals surface area contributed by atoms with Gasteiger partial charge in [0.2, 0.25) is 0 Å². The van der Waals surface area contributed by atoms with Crippen LogP contribution in [0.1, 0.15) is 28.8 Å². The molecule has 1 aromatic carbocycles. The van der Waals surface area contributed by atoms with Gasteiger partial charge in [-0.15, -0.1) is 11.3 Å².